The number of hydrogen-bond acceptors (Lipinski definition) is 4. The van der Waals surface area contributed by atoms with E-state index in [0.717, 1.165) is 0 Å². The van der Waals surface area contributed by atoms with Gasteiger partial charge in [-0.2, -0.15) is 13.2 Å². The fraction of sp³-hybridized carbons (Fsp3) is 0.455. The Hall–Kier alpha value is -0.933. The zero-order valence-corrected chi connectivity index (χ0v) is 11.6. The Kier molecular flexibility index (Phi) is 5.95. The molecule has 0 spiro atoms. The molecule has 1 aromatic rings. The second-order valence-electron chi connectivity index (χ2n) is 3.56. The Morgan fingerprint density at radius 2 is 1.63 bits per heavy atom. The molecule has 0 atom stereocenters. The van der Waals surface area contributed by atoms with E-state index in [0.29, 0.717) is 5.19 Å². The van der Waals surface area contributed by atoms with Crippen LogP contribution in [0.4, 0.5) is 13.2 Å². The van der Waals surface area contributed by atoms with Gasteiger partial charge in [0, 0.05) is 19.4 Å². The molecule has 0 heterocycles. The van der Waals surface area contributed by atoms with E-state index in [9.17, 15) is 13.2 Å². The average Bonchev–Trinajstić information content (AvgIpc) is 2.39. The molecule has 0 aromatic heterocycles. The van der Waals surface area contributed by atoms with Crippen molar-refractivity contribution in [3.05, 3.63) is 30.3 Å². The van der Waals surface area contributed by atoms with Gasteiger partial charge in [-0.05, 0) is 0 Å². The van der Waals surface area contributed by atoms with Crippen molar-refractivity contribution in [3.8, 4) is 0 Å². The summed E-state index contributed by atoms with van der Waals surface area (Å²) < 4.78 is 56.0. The summed E-state index contributed by atoms with van der Waals surface area (Å²) >= 11 is 0. The van der Waals surface area contributed by atoms with Gasteiger partial charge >= 0.3 is 15.0 Å². The zero-order chi connectivity index (χ0) is 14.4. The molecule has 0 fully saturated rings. The molecule has 1 aromatic carbocycles. The second kappa shape index (κ2) is 7.01. The van der Waals surface area contributed by atoms with Gasteiger partial charge in [-0.3, -0.25) is 0 Å². The first-order valence-corrected chi connectivity index (χ1v) is 7.10. The van der Waals surface area contributed by atoms with Crippen molar-refractivity contribution >= 4 is 14.0 Å². The molecule has 0 saturated carbocycles. The smallest absolute Gasteiger partial charge is 0.373 e. The number of hydrogen-bond donors (Lipinski definition) is 0. The van der Waals surface area contributed by atoms with Gasteiger partial charge in [0.1, 0.15) is 13.4 Å². The van der Waals surface area contributed by atoms with E-state index in [2.05, 4.69) is 4.74 Å². The number of rotatable bonds is 7. The number of halogens is 3. The molecule has 0 aliphatic heterocycles. The van der Waals surface area contributed by atoms with Crippen molar-refractivity contribution in [2.45, 2.75) is 6.18 Å². The third-order valence-electron chi connectivity index (χ3n) is 2.26. The quantitative estimate of drug-likeness (QED) is 0.436. The van der Waals surface area contributed by atoms with Crippen LogP contribution in [0.1, 0.15) is 0 Å². The van der Waals surface area contributed by atoms with Gasteiger partial charge in [0.15, 0.2) is 0 Å². The maximum Gasteiger partial charge on any atom is 0.538 e. The third-order valence-corrected chi connectivity index (χ3v) is 4.88. The molecule has 4 nitrogen and oxygen atoms in total. The predicted molar refractivity (Wildman–Crippen MR) is 63.8 cm³/mol. The van der Waals surface area contributed by atoms with E-state index in [4.69, 9.17) is 13.3 Å². The highest BCUT2D eigenvalue weighted by Crippen LogP contribution is 2.15. The highest BCUT2D eigenvalue weighted by Gasteiger charge is 2.42. The van der Waals surface area contributed by atoms with Crippen LogP contribution in [0.25, 0.3) is 0 Å². The summed E-state index contributed by atoms with van der Waals surface area (Å²) in [6.45, 7) is -1.93. The molecule has 108 valence electrons. The molecule has 0 saturated heterocycles. The summed E-state index contributed by atoms with van der Waals surface area (Å²) in [5.74, 6) is 0. The van der Waals surface area contributed by atoms with Crippen molar-refractivity contribution in [2.24, 2.45) is 0 Å². The van der Waals surface area contributed by atoms with E-state index in [1.807, 2.05) is 0 Å². The molecule has 1 rings (SSSR count). The Morgan fingerprint density at radius 1 is 1.05 bits per heavy atom. The first kappa shape index (κ1) is 16.1. The second-order valence-corrected chi connectivity index (χ2v) is 6.35. The lowest BCUT2D eigenvalue weighted by Crippen LogP contribution is -2.55. The molecular weight excluding hydrogens is 281 g/mol. The van der Waals surface area contributed by atoms with Crippen molar-refractivity contribution < 1.29 is 31.2 Å². The van der Waals surface area contributed by atoms with Crippen LogP contribution in [-0.4, -0.2) is 42.6 Å². The van der Waals surface area contributed by atoms with Crippen molar-refractivity contribution in [1.29, 1.82) is 0 Å². The summed E-state index contributed by atoms with van der Waals surface area (Å²) in [5.41, 5.74) is 0. The molecule has 0 amide bonds. The SMILES string of the molecule is CO[Si](OC)(OCOCC(F)(F)F)c1ccccc1. The van der Waals surface area contributed by atoms with E-state index in [1.165, 1.54) is 14.2 Å². The van der Waals surface area contributed by atoms with E-state index in [1.54, 1.807) is 30.3 Å². The summed E-state index contributed by atoms with van der Waals surface area (Å²) in [7, 11) is -0.445. The molecule has 8 heteroatoms. The van der Waals surface area contributed by atoms with E-state index in [-0.39, 0.29) is 0 Å². The van der Waals surface area contributed by atoms with Gasteiger partial charge < -0.3 is 18.0 Å². The Balaban J connectivity index is 2.63. The predicted octanol–water partition coefficient (Wildman–Crippen LogP) is 1.68. The molecule has 0 N–H and O–H groups in total. The molecular formula is C11H15F3O4Si. The van der Waals surface area contributed by atoms with Crippen LogP contribution >= 0.6 is 0 Å². The minimum Gasteiger partial charge on any atom is -0.373 e. The van der Waals surface area contributed by atoms with Crippen molar-refractivity contribution in [1.82, 2.24) is 0 Å². The summed E-state index contributed by atoms with van der Waals surface area (Å²) in [4.78, 5) is 0. The summed E-state index contributed by atoms with van der Waals surface area (Å²) in [5, 5.41) is 0.649. The van der Waals surface area contributed by atoms with Crippen LogP contribution in [-0.2, 0) is 18.0 Å². The lowest BCUT2D eigenvalue weighted by atomic mass is 10.4. The zero-order valence-electron chi connectivity index (χ0n) is 10.6. The normalized spacial score (nSPS) is 12.7. The Labute approximate surface area is 110 Å². The Morgan fingerprint density at radius 3 is 2.11 bits per heavy atom. The third kappa shape index (κ3) is 4.92. The number of alkyl halides is 3. The van der Waals surface area contributed by atoms with Crippen LogP contribution < -0.4 is 5.19 Å². The summed E-state index contributed by atoms with van der Waals surface area (Å²) in [6, 6.07) is 8.77. The van der Waals surface area contributed by atoms with Crippen molar-refractivity contribution in [3.63, 3.8) is 0 Å². The summed E-state index contributed by atoms with van der Waals surface area (Å²) in [6.07, 6.45) is -4.39. The minimum absolute atomic E-state index is 0.553. The molecule has 0 aliphatic carbocycles. The number of ether oxygens (including phenoxy) is 1. The monoisotopic (exact) mass is 296 g/mol. The Bertz CT molecular complexity index is 368. The highest BCUT2D eigenvalue weighted by molar-refractivity contribution is 6.75. The minimum atomic E-state index is -4.39. The lowest BCUT2D eigenvalue weighted by Gasteiger charge is -2.26. The fourth-order valence-corrected chi connectivity index (χ4v) is 3.32. The first-order chi connectivity index (χ1) is 8.93. The van der Waals surface area contributed by atoms with Crippen molar-refractivity contribution in [2.75, 3.05) is 27.6 Å². The van der Waals surface area contributed by atoms with Crippen LogP contribution in [0.5, 0.6) is 0 Å². The van der Waals surface area contributed by atoms with Crippen LogP contribution in [0.2, 0.25) is 0 Å². The molecule has 0 radical (unpaired) electrons. The van der Waals surface area contributed by atoms with Gasteiger partial charge in [-0.1, -0.05) is 30.3 Å². The van der Waals surface area contributed by atoms with Gasteiger partial charge in [0.05, 0.1) is 0 Å². The van der Waals surface area contributed by atoms with Crippen LogP contribution in [0.3, 0.4) is 0 Å². The maximum absolute atomic E-state index is 11.9. The lowest BCUT2D eigenvalue weighted by molar-refractivity contribution is -0.190. The molecule has 0 bridgehead atoms. The standard InChI is InChI=1S/C11H15F3O4Si/c1-15-19(16-2,10-6-4-3-5-7-10)18-9-17-8-11(12,13)14/h3-7H,8-9H2,1-2H3. The largest absolute Gasteiger partial charge is 0.538 e. The van der Waals surface area contributed by atoms with E-state index >= 15 is 0 Å². The molecule has 0 unspecified atom stereocenters. The van der Waals surface area contributed by atoms with Gasteiger partial charge in [-0.25, -0.2) is 0 Å². The van der Waals surface area contributed by atoms with Gasteiger partial charge in [0.25, 0.3) is 0 Å². The molecule has 0 aliphatic rings. The van der Waals surface area contributed by atoms with Crippen LogP contribution in [0.15, 0.2) is 30.3 Å². The van der Waals surface area contributed by atoms with Gasteiger partial charge in [0.2, 0.25) is 0 Å². The number of benzene rings is 1. The fourth-order valence-electron chi connectivity index (χ4n) is 1.44. The highest BCUT2D eigenvalue weighted by atomic mass is 28.4. The molecule has 19 heavy (non-hydrogen) atoms. The topological polar surface area (TPSA) is 36.9 Å². The van der Waals surface area contributed by atoms with Crippen LogP contribution in [0, 0.1) is 0 Å². The van der Waals surface area contributed by atoms with E-state index < -0.39 is 28.4 Å². The van der Waals surface area contributed by atoms with Gasteiger partial charge in [-0.15, -0.1) is 0 Å². The maximum atomic E-state index is 11.9. The average molecular weight is 296 g/mol. The first-order valence-electron chi connectivity index (χ1n) is 5.38.